The van der Waals surface area contributed by atoms with Crippen LogP contribution in [0, 0.1) is 0 Å². The molecule has 0 aliphatic carbocycles. The van der Waals surface area contributed by atoms with Crippen LogP contribution in [0.1, 0.15) is 18.4 Å². The maximum atomic E-state index is 11.0. The summed E-state index contributed by atoms with van der Waals surface area (Å²) in [5.74, 6) is -1.40. The van der Waals surface area contributed by atoms with E-state index < -0.39 is 11.9 Å². The average Bonchev–Trinajstić information content (AvgIpc) is 2.38. The van der Waals surface area contributed by atoms with Crippen LogP contribution in [-0.2, 0) is 4.79 Å². The van der Waals surface area contributed by atoms with Gasteiger partial charge in [-0.15, -0.1) is 0 Å². The highest BCUT2D eigenvalue weighted by Gasteiger charge is 2.14. The van der Waals surface area contributed by atoms with Gasteiger partial charge in [0.25, 0.3) is 0 Å². The lowest BCUT2D eigenvalue weighted by Gasteiger charge is -2.10. The zero-order valence-electron chi connectivity index (χ0n) is 10.2. The van der Waals surface area contributed by atoms with Crippen LogP contribution in [0.3, 0.4) is 0 Å². The fourth-order valence-electron chi connectivity index (χ4n) is 1.84. The molecule has 1 atom stereocenters. The molecule has 2 aromatic rings. The molecule has 0 saturated carbocycles. The van der Waals surface area contributed by atoms with Gasteiger partial charge in [0, 0.05) is 15.6 Å². The zero-order valence-corrected chi connectivity index (χ0v) is 11.7. The Morgan fingerprint density at radius 1 is 1.16 bits per heavy atom. The lowest BCUT2D eigenvalue weighted by atomic mass is 9.96. The normalized spacial score (nSPS) is 12.2. The number of hydrogen-bond acceptors (Lipinski definition) is 1. The minimum Gasteiger partial charge on any atom is -0.481 e. The molecule has 0 aliphatic heterocycles. The maximum Gasteiger partial charge on any atom is 0.310 e. The summed E-state index contributed by atoms with van der Waals surface area (Å²) >= 11 is 12.0. The number of benzene rings is 2. The van der Waals surface area contributed by atoms with Crippen molar-refractivity contribution in [1.29, 1.82) is 0 Å². The Labute approximate surface area is 121 Å². The lowest BCUT2D eigenvalue weighted by Crippen LogP contribution is -2.07. The van der Waals surface area contributed by atoms with Gasteiger partial charge in [0.15, 0.2) is 0 Å². The molecule has 0 radical (unpaired) electrons. The van der Waals surface area contributed by atoms with Crippen molar-refractivity contribution in [1.82, 2.24) is 0 Å². The number of rotatable bonds is 3. The molecular formula is C15H12Cl2O2. The van der Waals surface area contributed by atoms with Gasteiger partial charge in [-0.1, -0.05) is 53.5 Å². The molecule has 2 aromatic carbocycles. The summed E-state index contributed by atoms with van der Waals surface area (Å²) in [4.78, 5) is 11.0. The third-order valence-electron chi connectivity index (χ3n) is 3.00. The lowest BCUT2D eigenvalue weighted by molar-refractivity contribution is -0.138. The first-order chi connectivity index (χ1) is 8.99. The third kappa shape index (κ3) is 3.09. The van der Waals surface area contributed by atoms with E-state index >= 15 is 0 Å². The summed E-state index contributed by atoms with van der Waals surface area (Å²) in [7, 11) is 0. The number of carboxylic acid groups (broad SMARTS) is 1. The van der Waals surface area contributed by atoms with E-state index in [-0.39, 0.29) is 0 Å². The van der Waals surface area contributed by atoms with Gasteiger partial charge >= 0.3 is 5.97 Å². The molecule has 0 amide bonds. The molecule has 1 unspecified atom stereocenters. The first kappa shape index (κ1) is 13.9. The minimum atomic E-state index is -0.848. The van der Waals surface area contributed by atoms with Gasteiger partial charge in [-0.05, 0) is 30.2 Å². The first-order valence-corrected chi connectivity index (χ1v) is 6.53. The topological polar surface area (TPSA) is 37.3 Å². The predicted octanol–water partition coefficient (Wildman–Crippen LogP) is 4.85. The standard InChI is InChI=1S/C15H12Cl2O2/c1-9(15(18)19)10-3-2-4-11(7-10)13-6-5-12(16)8-14(13)17/h2-9H,1H3,(H,18,19). The van der Waals surface area contributed by atoms with E-state index in [1.54, 1.807) is 25.1 Å². The predicted molar refractivity (Wildman–Crippen MR) is 77.9 cm³/mol. The van der Waals surface area contributed by atoms with E-state index in [4.69, 9.17) is 28.3 Å². The quantitative estimate of drug-likeness (QED) is 0.879. The molecule has 0 heterocycles. The van der Waals surface area contributed by atoms with Crippen LogP contribution in [0.15, 0.2) is 42.5 Å². The second-order valence-corrected chi connectivity index (χ2v) is 5.15. The van der Waals surface area contributed by atoms with Crippen molar-refractivity contribution >= 4 is 29.2 Å². The molecule has 0 bridgehead atoms. The number of aliphatic carboxylic acids is 1. The van der Waals surface area contributed by atoms with Gasteiger partial charge in [0.2, 0.25) is 0 Å². The number of carbonyl (C=O) groups is 1. The maximum absolute atomic E-state index is 11.0. The van der Waals surface area contributed by atoms with Crippen LogP contribution in [0.25, 0.3) is 11.1 Å². The van der Waals surface area contributed by atoms with Crippen molar-refractivity contribution in [3.8, 4) is 11.1 Å². The first-order valence-electron chi connectivity index (χ1n) is 5.77. The second kappa shape index (κ2) is 5.64. The van der Waals surface area contributed by atoms with Crippen molar-refractivity contribution in [3.05, 3.63) is 58.1 Å². The van der Waals surface area contributed by atoms with Crippen LogP contribution in [0.2, 0.25) is 10.0 Å². The Balaban J connectivity index is 2.46. The molecule has 4 heteroatoms. The summed E-state index contributed by atoms with van der Waals surface area (Å²) in [6.07, 6.45) is 0. The molecule has 0 aliphatic rings. The van der Waals surface area contributed by atoms with Gasteiger partial charge < -0.3 is 5.11 Å². The fourth-order valence-corrected chi connectivity index (χ4v) is 2.36. The molecule has 0 saturated heterocycles. The molecule has 0 aromatic heterocycles. The summed E-state index contributed by atoms with van der Waals surface area (Å²) in [5.41, 5.74) is 2.47. The van der Waals surface area contributed by atoms with Crippen LogP contribution in [0.5, 0.6) is 0 Å². The Hall–Kier alpha value is -1.51. The van der Waals surface area contributed by atoms with Gasteiger partial charge in [-0.25, -0.2) is 0 Å². The fraction of sp³-hybridized carbons (Fsp3) is 0.133. The molecule has 19 heavy (non-hydrogen) atoms. The van der Waals surface area contributed by atoms with E-state index in [0.29, 0.717) is 10.0 Å². The van der Waals surface area contributed by atoms with Gasteiger partial charge in [-0.3, -0.25) is 4.79 Å². The number of hydrogen-bond donors (Lipinski definition) is 1. The summed E-state index contributed by atoms with van der Waals surface area (Å²) in [6, 6.07) is 12.6. The average molecular weight is 295 g/mol. The van der Waals surface area contributed by atoms with Gasteiger partial charge in [0.1, 0.15) is 0 Å². The molecule has 2 nitrogen and oxygen atoms in total. The minimum absolute atomic E-state index is 0.549. The Morgan fingerprint density at radius 2 is 1.89 bits per heavy atom. The van der Waals surface area contributed by atoms with Crippen LogP contribution in [-0.4, -0.2) is 11.1 Å². The third-order valence-corrected chi connectivity index (χ3v) is 3.55. The van der Waals surface area contributed by atoms with E-state index in [9.17, 15) is 4.79 Å². The summed E-state index contributed by atoms with van der Waals surface area (Å²) < 4.78 is 0. The monoisotopic (exact) mass is 294 g/mol. The summed E-state index contributed by atoms with van der Waals surface area (Å²) in [5, 5.41) is 10.2. The molecule has 0 spiro atoms. The summed E-state index contributed by atoms with van der Waals surface area (Å²) in [6.45, 7) is 1.66. The zero-order chi connectivity index (χ0) is 14.0. The van der Waals surface area contributed by atoms with Crippen molar-refractivity contribution in [3.63, 3.8) is 0 Å². The SMILES string of the molecule is CC(C(=O)O)c1cccc(-c2ccc(Cl)cc2Cl)c1. The van der Waals surface area contributed by atoms with Crippen molar-refractivity contribution in [2.75, 3.05) is 0 Å². The van der Waals surface area contributed by atoms with Gasteiger partial charge in [0.05, 0.1) is 5.92 Å². The molecule has 2 rings (SSSR count). The molecule has 1 N–H and O–H groups in total. The largest absolute Gasteiger partial charge is 0.481 e. The van der Waals surface area contributed by atoms with Crippen molar-refractivity contribution in [2.45, 2.75) is 12.8 Å². The van der Waals surface area contributed by atoms with E-state index in [1.807, 2.05) is 24.3 Å². The Kier molecular flexibility index (Phi) is 4.13. The van der Waals surface area contributed by atoms with E-state index in [2.05, 4.69) is 0 Å². The van der Waals surface area contributed by atoms with Crippen molar-refractivity contribution < 1.29 is 9.90 Å². The highest BCUT2D eigenvalue weighted by molar-refractivity contribution is 6.36. The highest BCUT2D eigenvalue weighted by atomic mass is 35.5. The Morgan fingerprint density at radius 3 is 2.53 bits per heavy atom. The van der Waals surface area contributed by atoms with Crippen LogP contribution >= 0.6 is 23.2 Å². The highest BCUT2D eigenvalue weighted by Crippen LogP contribution is 2.31. The van der Waals surface area contributed by atoms with Crippen LogP contribution in [0.4, 0.5) is 0 Å². The van der Waals surface area contributed by atoms with Gasteiger partial charge in [-0.2, -0.15) is 0 Å². The Bertz CT molecular complexity index is 623. The van der Waals surface area contributed by atoms with Crippen molar-refractivity contribution in [2.24, 2.45) is 0 Å². The second-order valence-electron chi connectivity index (χ2n) is 4.31. The smallest absolute Gasteiger partial charge is 0.310 e. The van der Waals surface area contributed by atoms with Crippen LogP contribution < -0.4 is 0 Å². The van der Waals surface area contributed by atoms with E-state index in [0.717, 1.165) is 16.7 Å². The number of carboxylic acids is 1. The molecule has 98 valence electrons. The van der Waals surface area contributed by atoms with E-state index in [1.165, 1.54) is 0 Å². The number of halogens is 2. The molecular weight excluding hydrogens is 283 g/mol. The molecule has 0 fully saturated rings.